The van der Waals surface area contributed by atoms with Gasteiger partial charge in [-0.25, -0.2) is 0 Å². The van der Waals surface area contributed by atoms with Gasteiger partial charge in [-0.15, -0.1) is 0 Å². The Morgan fingerprint density at radius 2 is 1.66 bits per heavy atom. The molecule has 1 amide bonds. The summed E-state index contributed by atoms with van der Waals surface area (Å²) in [5.41, 5.74) is 4.62. The Morgan fingerprint density at radius 1 is 1.00 bits per heavy atom. The molecule has 29 heavy (non-hydrogen) atoms. The van der Waals surface area contributed by atoms with Gasteiger partial charge >= 0.3 is 0 Å². The van der Waals surface area contributed by atoms with Crippen molar-refractivity contribution < 1.29 is 19.3 Å². The first-order valence-corrected chi connectivity index (χ1v) is 10.8. The highest BCUT2D eigenvalue weighted by atomic mass is 16.5. The molecule has 1 saturated heterocycles. The molecule has 1 fully saturated rings. The molecule has 0 unspecified atom stereocenters. The topological polar surface area (TPSA) is 47.2 Å². The number of para-hydroxylation sites is 1. The van der Waals surface area contributed by atoms with Crippen LogP contribution in [0.1, 0.15) is 23.6 Å². The fourth-order valence-corrected chi connectivity index (χ4v) is 4.09. The monoisotopic (exact) mass is 397 g/mol. The lowest BCUT2D eigenvalue weighted by molar-refractivity contribution is -1.01. The van der Waals surface area contributed by atoms with Gasteiger partial charge in [0.25, 0.3) is 5.91 Å². The quantitative estimate of drug-likeness (QED) is 0.613. The molecule has 5 nitrogen and oxygen atoms in total. The first-order valence-electron chi connectivity index (χ1n) is 10.8. The van der Waals surface area contributed by atoms with Crippen LogP contribution >= 0.6 is 0 Å². The molecule has 5 heteroatoms. The molecule has 1 aliphatic rings. The number of nitrogens with one attached hydrogen (secondary N) is 3. The minimum Gasteiger partial charge on any atom is -0.488 e. The zero-order valence-corrected chi connectivity index (χ0v) is 18.0. The summed E-state index contributed by atoms with van der Waals surface area (Å²) in [4.78, 5) is 15.4. The number of hydrogen-bond acceptors (Lipinski definition) is 2. The van der Waals surface area contributed by atoms with Crippen LogP contribution in [0.2, 0.25) is 0 Å². The Kier molecular flexibility index (Phi) is 7.67. The predicted octanol–water partition coefficient (Wildman–Crippen LogP) is 0.667. The number of ether oxygens (including phenoxy) is 1. The molecule has 1 aliphatic heterocycles. The second-order valence-electron chi connectivity index (χ2n) is 8.16. The first kappa shape index (κ1) is 21.3. The minimum absolute atomic E-state index is 0.113. The normalized spacial score (nSPS) is 19.0. The molecule has 0 spiro atoms. The molecule has 0 saturated carbocycles. The molecule has 156 valence electrons. The van der Waals surface area contributed by atoms with E-state index in [0.717, 1.165) is 57.2 Å². The van der Waals surface area contributed by atoms with Crippen molar-refractivity contribution in [3.8, 4) is 5.75 Å². The number of anilines is 1. The van der Waals surface area contributed by atoms with E-state index in [-0.39, 0.29) is 5.91 Å². The van der Waals surface area contributed by atoms with Gasteiger partial charge in [0, 0.05) is 5.69 Å². The van der Waals surface area contributed by atoms with Crippen molar-refractivity contribution >= 4 is 11.6 Å². The fraction of sp³-hybridized carbons (Fsp3) is 0.458. The van der Waals surface area contributed by atoms with Gasteiger partial charge in [-0.1, -0.05) is 31.2 Å². The van der Waals surface area contributed by atoms with Crippen molar-refractivity contribution in [2.45, 2.75) is 27.2 Å². The lowest BCUT2D eigenvalue weighted by atomic mass is 10.1. The summed E-state index contributed by atoms with van der Waals surface area (Å²) in [6.07, 6.45) is 0.926. The highest BCUT2D eigenvalue weighted by Crippen LogP contribution is 2.16. The van der Waals surface area contributed by atoms with Crippen molar-refractivity contribution in [2.24, 2.45) is 0 Å². The molecule has 0 bridgehead atoms. The fourth-order valence-electron chi connectivity index (χ4n) is 4.09. The van der Waals surface area contributed by atoms with E-state index in [1.165, 1.54) is 21.6 Å². The highest BCUT2D eigenvalue weighted by molar-refractivity contribution is 5.92. The lowest BCUT2D eigenvalue weighted by Gasteiger charge is -2.29. The van der Waals surface area contributed by atoms with E-state index in [1.807, 2.05) is 18.2 Å². The third-order valence-corrected chi connectivity index (χ3v) is 5.67. The molecule has 0 aliphatic carbocycles. The Labute approximate surface area is 174 Å². The third kappa shape index (κ3) is 6.58. The number of quaternary nitrogens is 2. The van der Waals surface area contributed by atoms with Crippen LogP contribution in [0.5, 0.6) is 5.75 Å². The van der Waals surface area contributed by atoms with Crippen LogP contribution in [0.3, 0.4) is 0 Å². The highest BCUT2D eigenvalue weighted by Gasteiger charge is 2.24. The van der Waals surface area contributed by atoms with Crippen molar-refractivity contribution in [3.63, 3.8) is 0 Å². The van der Waals surface area contributed by atoms with E-state index in [2.05, 4.69) is 50.4 Å². The molecule has 0 atom stereocenters. The summed E-state index contributed by atoms with van der Waals surface area (Å²) >= 11 is 0. The summed E-state index contributed by atoms with van der Waals surface area (Å²) < 4.78 is 5.96. The van der Waals surface area contributed by atoms with E-state index >= 15 is 0 Å². The first-order chi connectivity index (χ1) is 14.0. The maximum atomic E-state index is 12.5. The molecule has 1 heterocycles. The number of carbonyl (C=O) groups excluding carboxylic acids is 1. The van der Waals surface area contributed by atoms with Crippen LogP contribution in [0, 0.1) is 13.8 Å². The number of amides is 1. The van der Waals surface area contributed by atoms with Gasteiger partial charge in [-0.05, 0) is 55.2 Å². The SMILES string of the molecule is CCc1ccccc1NC(=O)C[NH+]1CC[NH+](CCOc2cc(C)cc(C)c2)CC1. The molecule has 0 radical (unpaired) electrons. The number of carbonyl (C=O) groups is 1. The Bertz CT molecular complexity index is 793. The van der Waals surface area contributed by atoms with Crippen LogP contribution < -0.4 is 19.9 Å². The van der Waals surface area contributed by atoms with E-state index in [9.17, 15) is 4.79 Å². The van der Waals surface area contributed by atoms with Crippen LogP contribution in [0.25, 0.3) is 0 Å². The summed E-state index contributed by atoms with van der Waals surface area (Å²) in [5, 5.41) is 3.09. The minimum atomic E-state index is 0.113. The largest absolute Gasteiger partial charge is 0.488 e. The molecule has 2 aromatic rings. The molecule has 3 rings (SSSR count). The maximum absolute atomic E-state index is 12.5. The van der Waals surface area contributed by atoms with E-state index in [4.69, 9.17) is 4.74 Å². The van der Waals surface area contributed by atoms with Gasteiger partial charge in [-0.2, -0.15) is 0 Å². The van der Waals surface area contributed by atoms with E-state index in [0.29, 0.717) is 6.54 Å². The molecular weight excluding hydrogens is 362 g/mol. The van der Waals surface area contributed by atoms with Gasteiger partial charge in [-0.3, -0.25) is 4.79 Å². The van der Waals surface area contributed by atoms with Gasteiger partial charge < -0.3 is 19.9 Å². The number of hydrogen-bond donors (Lipinski definition) is 3. The number of benzene rings is 2. The van der Waals surface area contributed by atoms with Crippen molar-refractivity contribution in [2.75, 3.05) is 51.2 Å². The maximum Gasteiger partial charge on any atom is 0.279 e. The Balaban J connectivity index is 1.37. The number of rotatable bonds is 8. The summed E-state index contributed by atoms with van der Waals surface area (Å²) in [5.74, 6) is 1.08. The van der Waals surface area contributed by atoms with Crippen molar-refractivity contribution in [1.29, 1.82) is 0 Å². The second-order valence-corrected chi connectivity index (χ2v) is 8.16. The van der Waals surface area contributed by atoms with Gasteiger partial charge in [0.05, 0.1) is 0 Å². The van der Waals surface area contributed by atoms with E-state index < -0.39 is 0 Å². The molecule has 2 aromatic carbocycles. The Morgan fingerprint density at radius 3 is 2.34 bits per heavy atom. The molecule has 3 N–H and O–H groups in total. The average molecular weight is 398 g/mol. The van der Waals surface area contributed by atoms with Crippen molar-refractivity contribution in [3.05, 3.63) is 59.2 Å². The second kappa shape index (κ2) is 10.4. The summed E-state index contributed by atoms with van der Waals surface area (Å²) in [6.45, 7) is 12.8. The predicted molar refractivity (Wildman–Crippen MR) is 117 cm³/mol. The van der Waals surface area contributed by atoms with Crippen LogP contribution in [0.15, 0.2) is 42.5 Å². The summed E-state index contributed by atoms with van der Waals surface area (Å²) in [7, 11) is 0. The Hall–Kier alpha value is -2.37. The molecular formula is C24H35N3O2+2. The lowest BCUT2D eigenvalue weighted by Crippen LogP contribution is -3.28. The zero-order chi connectivity index (χ0) is 20.6. The van der Waals surface area contributed by atoms with Crippen LogP contribution in [-0.2, 0) is 11.2 Å². The van der Waals surface area contributed by atoms with Crippen molar-refractivity contribution in [1.82, 2.24) is 0 Å². The zero-order valence-electron chi connectivity index (χ0n) is 18.0. The average Bonchev–Trinajstić information content (AvgIpc) is 2.69. The van der Waals surface area contributed by atoms with Crippen LogP contribution in [0.4, 0.5) is 5.69 Å². The molecule has 0 aromatic heterocycles. The van der Waals surface area contributed by atoms with Gasteiger partial charge in [0.2, 0.25) is 0 Å². The standard InChI is InChI=1S/C24H33N3O2/c1-4-21-7-5-6-8-23(21)25-24(28)18-27-11-9-26(10-12-27)13-14-29-22-16-19(2)15-20(3)17-22/h5-8,15-17H,4,9-14,18H2,1-3H3,(H,25,28)/p+2. The number of aryl methyl sites for hydroxylation is 3. The smallest absolute Gasteiger partial charge is 0.279 e. The van der Waals surface area contributed by atoms with E-state index in [1.54, 1.807) is 4.90 Å². The van der Waals surface area contributed by atoms with Gasteiger partial charge in [0.1, 0.15) is 45.1 Å². The third-order valence-electron chi connectivity index (χ3n) is 5.67. The van der Waals surface area contributed by atoms with Gasteiger partial charge in [0.15, 0.2) is 6.54 Å². The number of piperazine rings is 1. The summed E-state index contributed by atoms with van der Waals surface area (Å²) in [6, 6.07) is 14.4. The van der Waals surface area contributed by atoms with Crippen LogP contribution in [-0.4, -0.2) is 51.8 Å².